The molecule has 1 aromatic heterocycles. The summed E-state index contributed by atoms with van der Waals surface area (Å²) in [5, 5.41) is 4.20. The third kappa shape index (κ3) is 2.32. The molecule has 1 heterocycles. The molecule has 16 heavy (non-hydrogen) atoms. The number of hydrogen-bond donors (Lipinski definition) is 2. The van der Waals surface area contributed by atoms with Gasteiger partial charge in [-0.15, -0.1) is 0 Å². The first-order valence-electron chi connectivity index (χ1n) is 5.42. The molecule has 0 radical (unpaired) electrons. The van der Waals surface area contributed by atoms with Gasteiger partial charge in [0.15, 0.2) is 0 Å². The van der Waals surface area contributed by atoms with Crippen molar-refractivity contribution in [2.45, 2.75) is 19.4 Å². The van der Waals surface area contributed by atoms with Gasteiger partial charge in [-0.1, -0.05) is 31.2 Å². The zero-order chi connectivity index (χ0) is 11.4. The zero-order valence-corrected chi connectivity index (χ0v) is 10.1. The first-order chi connectivity index (χ1) is 7.85. The number of rotatable bonds is 4. The lowest BCUT2D eigenvalue weighted by molar-refractivity contribution is 0.638. The lowest BCUT2D eigenvalue weighted by Gasteiger charge is -2.15. The normalized spacial score (nSPS) is 12.6. The van der Waals surface area contributed by atoms with Crippen molar-refractivity contribution in [3.05, 3.63) is 57.8 Å². The summed E-state index contributed by atoms with van der Waals surface area (Å²) in [4.78, 5) is 0. The number of aryl methyl sites for hydroxylation is 1. The Balaban J connectivity index is 2.33. The standard InChI is InChI=1S/C13H16N2S/c1-2-10-4-3-5-11(8-10)13(15-14)12-6-7-16-9-12/h3-9,13,15H,2,14H2,1H3. The van der Waals surface area contributed by atoms with Gasteiger partial charge in [-0.3, -0.25) is 5.84 Å². The van der Waals surface area contributed by atoms with Crippen LogP contribution in [-0.4, -0.2) is 0 Å². The Morgan fingerprint density at radius 1 is 1.31 bits per heavy atom. The molecule has 1 aromatic carbocycles. The minimum absolute atomic E-state index is 0.0951. The van der Waals surface area contributed by atoms with E-state index in [1.807, 2.05) is 0 Å². The molecule has 1 atom stereocenters. The van der Waals surface area contributed by atoms with Crippen LogP contribution in [0.5, 0.6) is 0 Å². The molecule has 3 N–H and O–H groups in total. The summed E-state index contributed by atoms with van der Waals surface area (Å²) in [5.41, 5.74) is 6.66. The lowest BCUT2D eigenvalue weighted by atomic mass is 9.99. The van der Waals surface area contributed by atoms with Gasteiger partial charge in [0.1, 0.15) is 0 Å². The summed E-state index contributed by atoms with van der Waals surface area (Å²) in [6.45, 7) is 2.16. The number of nitrogens with one attached hydrogen (secondary N) is 1. The number of hydrogen-bond acceptors (Lipinski definition) is 3. The second-order valence-electron chi connectivity index (χ2n) is 3.75. The quantitative estimate of drug-likeness (QED) is 0.628. The molecule has 0 aliphatic heterocycles. The number of nitrogens with two attached hydrogens (primary N) is 1. The van der Waals surface area contributed by atoms with E-state index in [1.165, 1.54) is 16.7 Å². The summed E-state index contributed by atoms with van der Waals surface area (Å²) in [6, 6.07) is 10.8. The smallest absolute Gasteiger partial charge is 0.0718 e. The van der Waals surface area contributed by atoms with E-state index in [0.717, 1.165) is 6.42 Å². The number of benzene rings is 1. The van der Waals surface area contributed by atoms with Crippen LogP contribution in [0.25, 0.3) is 0 Å². The van der Waals surface area contributed by atoms with Crippen LogP contribution in [0.2, 0.25) is 0 Å². The third-order valence-electron chi connectivity index (χ3n) is 2.74. The molecule has 0 saturated heterocycles. The summed E-state index contributed by atoms with van der Waals surface area (Å²) < 4.78 is 0. The van der Waals surface area contributed by atoms with Gasteiger partial charge in [-0.25, -0.2) is 5.43 Å². The van der Waals surface area contributed by atoms with E-state index < -0.39 is 0 Å². The molecule has 0 saturated carbocycles. The molecular formula is C13H16N2S. The van der Waals surface area contributed by atoms with Crippen molar-refractivity contribution in [1.82, 2.24) is 5.43 Å². The number of thiophene rings is 1. The van der Waals surface area contributed by atoms with E-state index >= 15 is 0 Å². The van der Waals surface area contributed by atoms with Gasteiger partial charge in [0.2, 0.25) is 0 Å². The van der Waals surface area contributed by atoms with Crippen molar-refractivity contribution in [2.75, 3.05) is 0 Å². The Morgan fingerprint density at radius 3 is 2.81 bits per heavy atom. The van der Waals surface area contributed by atoms with Crippen LogP contribution in [0, 0.1) is 0 Å². The minimum atomic E-state index is 0.0951. The fourth-order valence-electron chi connectivity index (χ4n) is 1.82. The van der Waals surface area contributed by atoms with Gasteiger partial charge in [0.25, 0.3) is 0 Å². The maximum atomic E-state index is 5.64. The highest BCUT2D eigenvalue weighted by Crippen LogP contribution is 2.24. The SMILES string of the molecule is CCc1cccc(C(NN)c2ccsc2)c1. The third-order valence-corrected chi connectivity index (χ3v) is 3.44. The van der Waals surface area contributed by atoms with Crippen molar-refractivity contribution < 1.29 is 0 Å². The van der Waals surface area contributed by atoms with Crippen LogP contribution in [-0.2, 0) is 6.42 Å². The van der Waals surface area contributed by atoms with Crippen molar-refractivity contribution in [2.24, 2.45) is 5.84 Å². The first kappa shape index (κ1) is 11.3. The van der Waals surface area contributed by atoms with Gasteiger partial charge in [-0.2, -0.15) is 11.3 Å². The molecule has 0 aliphatic rings. The Hall–Kier alpha value is -1.16. The van der Waals surface area contributed by atoms with Gasteiger partial charge < -0.3 is 0 Å². The van der Waals surface area contributed by atoms with Gasteiger partial charge >= 0.3 is 0 Å². The molecule has 0 bridgehead atoms. The van der Waals surface area contributed by atoms with E-state index in [9.17, 15) is 0 Å². The van der Waals surface area contributed by atoms with Gasteiger partial charge in [0.05, 0.1) is 6.04 Å². The van der Waals surface area contributed by atoms with Crippen LogP contribution >= 0.6 is 11.3 Å². The van der Waals surface area contributed by atoms with Crippen LogP contribution in [0.1, 0.15) is 29.7 Å². The largest absolute Gasteiger partial charge is 0.271 e. The molecule has 0 fully saturated rings. The highest BCUT2D eigenvalue weighted by Gasteiger charge is 2.12. The highest BCUT2D eigenvalue weighted by atomic mass is 32.1. The second-order valence-corrected chi connectivity index (χ2v) is 4.53. The Kier molecular flexibility index (Phi) is 3.72. The van der Waals surface area contributed by atoms with Crippen molar-refractivity contribution in [3.63, 3.8) is 0 Å². The highest BCUT2D eigenvalue weighted by molar-refractivity contribution is 7.08. The second kappa shape index (κ2) is 5.25. The topological polar surface area (TPSA) is 38.0 Å². The molecule has 2 nitrogen and oxygen atoms in total. The molecule has 0 amide bonds. The van der Waals surface area contributed by atoms with Gasteiger partial charge in [0, 0.05) is 0 Å². The molecule has 0 aliphatic carbocycles. The molecule has 1 unspecified atom stereocenters. The first-order valence-corrected chi connectivity index (χ1v) is 6.36. The fraction of sp³-hybridized carbons (Fsp3) is 0.231. The number of hydrazine groups is 1. The van der Waals surface area contributed by atoms with E-state index in [4.69, 9.17) is 5.84 Å². The van der Waals surface area contributed by atoms with Crippen molar-refractivity contribution >= 4 is 11.3 Å². The van der Waals surface area contributed by atoms with Crippen LogP contribution in [0.3, 0.4) is 0 Å². The van der Waals surface area contributed by atoms with Crippen LogP contribution in [0.4, 0.5) is 0 Å². The predicted octanol–water partition coefficient (Wildman–Crippen LogP) is 2.86. The van der Waals surface area contributed by atoms with E-state index in [1.54, 1.807) is 11.3 Å². The molecule has 2 rings (SSSR count). The van der Waals surface area contributed by atoms with E-state index in [2.05, 4.69) is 53.4 Å². The average molecular weight is 232 g/mol. The van der Waals surface area contributed by atoms with Gasteiger partial charge in [-0.05, 0) is 39.9 Å². The lowest BCUT2D eigenvalue weighted by Crippen LogP contribution is -2.28. The molecule has 84 valence electrons. The molecule has 3 heteroatoms. The van der Waals surface area contributed by atoms with Crippen molar-refractivity contribution in [1.29, 1.82) is 0 Å². The van der Waals surface area contributed by atoms with E-state index in [-0.39, 0.29) is 6.04 Å². The van der Waals surface area contributed by atoms with Crippen LogP contribution in [0.15, 0.2) is 41.1 Å². The summed E-state index contributed by atoms with van der Waals surface area (Å²) in [7, 11) is 0. The molecular weight excluding hydrogens is 216 g/mol. The maximum absolute atomic E-state index is 5.64. The van der Waals surface area contributed by atoms with E-state index in [0.29, 0.717) is 0 Å². The summed E-state index contributed by atoms with van der Waals surface area (Å²) >= 11 is 1.69. The van der Waals surface area contributed by atoms with Crippen LogP contribution < -0.4 is 11.3 Å². The Bertz CT molecular complexity index is 437. The Labute approximate surface area is 100 Å². The van der Waals surface area contributed by atoms with Crippen molar-refractivity contribution in [3.8, 4) is 0 Å². The summed E-state index contributed by atoms with van der Waals surface area (Å²) in [6.07, 6.45) is 1.05. The minimum Gasteiger partial charge on any atom is -0.271 e. The zero-order valence-electron chi connectivity index (χ0n) is 9.31. The fourth-order valence-corrected chi connectivity index (χ4v) is 2.50. The monoisotopic (exact) mass is 232 g/mol. The maximum Gasteiger partial charge on any atom is 0.0718 e. The summed E-state index contributed by atoms with van der Waals surface area (Å²) in [5.74, 6) is 5.64. The predicted molar refractivity (Wildman–Crippen MR) is 69.3 cm³/mol. The molecule has 2 aromatic rings. The average Bonchev–Trinajstić information content (AvgIpc) is 2.84. The molecule has 0 spiro atoms. The Morgan fingerprint density at radius 2 is 2.19 bits per heavy atom.